The second-order valence-corrected chi connectivity index (χ2v) is 6.17. The van der Waals surface area contributed by atoms with Crippen molar-refractivity contribution in [3.63, 3.8) is 0 Å². The molecular formula is C20H21N3O7. The van der Waals surface area contributed by atoms with Crippen LogP contribution in [0, 0.1) is 0 Å². The maximum absolute atomic E-state index is 12.2. The van der Waals surface area contributed by atoms with E-state index < -0.39 is 30.5 Å². The summed E-state index contributed by atoms with van der Waals surface area (Å²) in [5.74, 6) is -1.10. The number of aliphatic hydroxyl groups is 1. The van der Waals surface area contributed by atoms with Gasteiger partial charge in [0.15, 0.2) is 18.1 Å². The van der Waals surface area contributed by atoms with Crippen LogP contribution in [0.1, 0.15) is 10.4 Å². The Morgan fingerprint density at radius 1 is 1.03 bits per heavy atom. The van der Waals surface area contributed by atoms with Gasteiger partial charge in [-0.05, 0) is 24.3 Å². The van der Waals surface area contributed by atoms with Gasteiger partial charge < -0.3 is 24.6 Å². The fourth-order valence-electron chi connectivity index (χ4n) is 2.61. The zero-order chi connectivity index (χ0) is 21.3. The summed E-state index contributed by atoms with van der Waals surface area (Å²) in [7, 11) is 0. The van der Waals surface area contributed by atoms with Crippen LogP contribution in [-0.2, 0) is 14.3 Å². The molecule has 1 aliphatic heterocycles. The van der Waals surface area contributed by atoms with Crippen molar-refractivity contribution in [2.24, 2.45) is 0 Å². The van der Waals surface area contributed by atoms with E-state index in [0.717, 1.165) is 0 Å². The van der Waals surface area contributed by atoms with Gasteiger partial charge in [0.25, 0.3) is 11.8 Å². The highest BCUT2D eigenvalue weighted by Crippen LogP contribution is 2.30. The highest BCUT2D eigenvalue weighted by atomic mass is 16.6. The topological polar surface area (TPSA) is 135 Å². The molecular weight excluding hydrogens is 394 g/mol. The predicted molar refractivity (Wildman–Crippen MR) is 105 cm³/mol. The highest BCUT2D eigenvalue weighted by molar-refractivity contribution is 5.97. The zero-order valence-electron chi connectivity index (χ0n) is 15.9. The van der Waals surface area contributed by atoms with Gasteiger partial charge in [0, 0.05) is 12.2 Å². The van der Waals surface area contributed by atoms with E-state index in [9.17, 15) is 14.4 Å². The molecule has 0 aliphatic carbocycles. The van der Waals surface area contributed by atoms with Crippen LogP contribution >= 0.6 is 0 Å². The number of anilines is 1. The molecule has 1 atom stereocenters. The van der Waals surface area contributed by atoms with Crippen LogP contribution in [0.2, 0.25) is 0 Å². The van der Waals surface area contributed by atoms with Crippen LogP contribution in [0.3, 0.4) is 0 Å². The van der Waals surface area contributed by atoms with E-state index in [2.05, 4.69) is 16.2 Å². The van der Waals surface area contributed by atoms with Crippen molar-refractivity contribution >= 4 is 23.5 Å². The Bertz CT molecular complexity index is 919. The molecule has 0 saturated carbocycles. The van der Waals surface area contributed by atoms with Crippen molar-refractivity contribution in [1.82, 2.24) is 10.9 Å². The molecule has 2 amide bonds. The molecule has 2 aromatic carbocycles. The van der Waals surface area contributed by atoms with Crippen LogP contribution in [-0.4, -0.2) is 55.4 Å². The molecule has 1 heterocycles. The smallest absolute Gasteiger partial charge is 0.340 e. The number of nitrogens with one attached hydrogen (secondary N) is 3. The van der Waals surface area contributed by atoms with Gasteiger partial charge in [-0.15, -0.1) is 0 Å². The summed E-state index contributed by atoms with van der Waals surface area (Å²) >= 11 is 0. The van der Waals surface area contributed by atoms with E-state index >= 15 is 0 Å². The lowest BCUT2D eigenvalue weighted by atomic mass is 10.2. The molecule has 2 aromatic rings. The number of amides is 2. The summed E-state index contributed by atoms with van der Waals surface area (Å²) in [4.78, 5) is 36.3. The minimum absolute atomic E-state index is 0.00860. The molecule has 10 heteroatoms. The van der Waals surface area contributed by atoms with E-state index in [0.29, 0.717) is 17.2 Å². The molecule has 4 N–H and O–H groups in total. The van der Waals surface area contributed by atoms with Gasteiger partial charge in [-0.2, -0.15) is 0 Å². The van der Waals surface area contributed by atoms with Crippen LogP contribution in [0.25, 0.3) is 0 Å². The Kier molecular flexibility index (Phi) is 7.06. The Morgan fingerprint density at radius 3 is 2.57 bits per heavy atom. The second-order valence-electron chi connectivity index (χ2n) is 6.17. The molecule has 0 saturated heterocycles. The number of carbonyl (C=O) groups is 3. The summed E-state index contributed by atoms with van der Waals surface area (Å²) in [6, 6.07) is 13.5. The third-order valence-corrected chi connectivity index (χ3v) is 4.03. The standard InChI is InChI=1S/C20H21N3O7/c24-10-9-21-14-6-2-1-5-13(14)20(27)29-12-18(25)22-23-19(26)17-11-28-15-7-3-4-8-16(15)30-17/h1-8,17,21,24H,9-12H2,(H,22,25)(H,23,26)/t17-/m1/s1. The number of aliphatic hydroxyl groups excluding tert-OH is 1. The van der Waals surface area contributed by atoms with Crippen LogP contribution in [0.4, 0.5) is 5.69 Å². The highest BCUT2D eigenvalue weighted by Gasteiger charge is 2.27. The molecule has 3 rings (SSSR count). The summed E-state index contributed by atoms with van der Waals surface area (Å²) in [6.45, 7) is -0.454. The summed E-state index contributed by atoms with van der Waals surface area (Å²) in [5, 5.41) is 11.8. The van der Waals surface area contributed by atoms with Crippen molar-refractivity contribution in [2.45, 2.75) is 6.10 Å². The Morgan fingerprint density at radius 2 is 1.77 bits per heavy atom. The van der Waals surface area contributed by atoms with Crippen molar-refractivity contribution in [2.75, 3.05) is 31.7 Å². The monoisotopic (exact) mass is 415 g/mol. The first-order valence-corrected chi connectivity index (χ1v) is 9.16. The first-order valence-electron chi connectivity index (χ1n) is 9.16. The Hall–Kier alpha value is -3.79. The van der Waals surface area contributed by atoms with Crippen LogP contribution in [0.15, 0.2) is 48.5 Å². The van der Waals surface area contributed by atoms with E-state index in [-0.39, 0.29) is 25.3 Å². The van der Waals surface area contributed by atoms with Gasteiger partial charge >= 0.3 is 5.97 Å². The number of para-hydroxylation sites is 3. The molecule has 0 bridgehead atoms. The molecule has 0 spiro atoms. The third-order valence-electron chi connectivity index (χ3n) is 4.03. The van der Waals surface area contributed by atoms with E-state index in [1.807, 2.05) is 0 Å². The number of esters is 1. The van der Waals surface area contributed by atoms with E-state index in [1.54, 1.807) is 42.5 Å². The van der Waals surface area contributed by atoms with Gasteiger partial charge in [-0.3, -0.25) is 20.4 Å². The molecule has 10 nitrogen and oxygen atoms in total. The number of hydrogen-bond acceptors (Lipinski definition) is 8. The second kappa shape index (κ2) is 10.1. The molecule has 0 fully saturated rings. The fraction of sp³-hybridized carbons (Fsp3) is 0.250. The lowest BCUT2D eigenvalue weighted by molar-refractivity contribution is -0.135. The normalized spacial score (nSPS) is 14.4. The molecule has 0 unspecified atom stereocenters. The minimum Gasteiger partial charge on any atom is -0.485 e. The third kappa shape index (κ3) is 5.39. The molecule has 158 valence electrons. The van der Waals surface area contributed by atoms with Gasteiger partial charge in [0.05, 0.1) is 12.2 Å². The van der Waals surface area contributed by atoms with Gasteiger partial charge in [0.2, 0.25) is 6.10 Å². The first-order chi connectivity index (χ1) is 14.6. The molecule has 30 heavy (non-hydrogen) atoms. The van der Waals surface area contributed by atoms with E-state index in [4.69, 9.17) is 19.3 Å². The first kappa shape index (κ1) is 20.9. The van der Waals surface area contributed by atoms with Crippen LogP contribution < -0.4 is 25.6 Å². The fourth-order valence-corrected chi connectivity index (χ4v) is 2.61. The number of benzene rings is 2. The average molecular weight is 415 g/mol. The number of rotatable bonds is 7. The Balaban J connectivity index is 1.44. The quantitative estimate of drug-likeness (QED) is 0.373. The largest absolute Gasteiger partial charge is 0.485 e. The maximum Gasteiger partial charge on any atom is 0.340 e. The number of carbonyl (C=O) groups excluding carboxylic acids is 3. The Labute approximate surface area is 172 Å². The number of ether oxygens (including phenoxy) is 3. The zero-order valence-corrected chi connectivity index (χ0v) is 15.9. The predicted octanol–water partition coefficient (Wildman–Crippen LogP) is 0.235. The number of fused-ring (bicyclic) bond motifs is 1. The minimum atomic E-state index is -0.938. The number of hydrazine groups is 1. The van der Waals surface area contributed by atoms with Crippen LogP contribution in [0.5, 0.6) is 11.5 Å². The average Bonchev–Trinajstić information content (AvgIpc) is 2.79. The lowest BCUT2D eigenvalue weighted by Gasteiger charge is -2.25. The molecule has 1 aliphatic rings. The van der Waals surface area contributed by atoms with Crippen molar-refractivity contribution < 1.29 is 33.7 Å². The lowest BCUT2D eigenvalue weighted by Crippen LogP contribution is -2.51. The van der Waals surface area contributed by atoms with Gasteiger partial charge in [-0.1, -0.05) is 24.3 Å². The maximum atomic E-state index is 12.2. The number of hydrogen-bond donors (Lipinski definition) is 4. The molecule has 0 radical (unpaired) electrons. The van der Waals surface area contributed by atoms with Crippen molar-refractivity contribution in [3.8, 4) is 11.5 Å². The SMILES string of the molecule is O=C(COC(=O)c1ccccc1NCCO)NNC(=O)[C@H]1COc2ccccc2O1. The summed E-state index contributed by atoms with van der Waals surface area (Å²) in [5.41, 5.74) is 5.06. The summed E-state index contributed by atoms with van der Waals surface area (Å²) < 4.78 is 15.9. The molecule has 0 aromatic heterocycles. The van der Waals surface area contributed by atoms with Crippen molar-refractivity contribution in [1.29, 1.82) is 0 Å². The van der Waals surface area contributed by atoms with E-state index in [1.165, 1.54) is 6.07 Å². The summed E-state index contributed by atoms with van der Waals surface area (Å²) in [6.07, 6.45) is -0.938. The van der Waals surface area contributed by atoms with Gasteiger partial charge in [0.1, 0.15) is 6.61 Å². The van der Waals surface area contributed by atoms with Gasteiger partial charge in [-0.25, -0.2) is 4.79 Å². The van der Waals surface area contributed by atoms with Crippen molar-refractivity contribution in [3.05, 3.63) is 54.1 Å².